The lowest BCUT2D eigenvalue weighted by atomic mass is 10.2. The summed E-state index contributed by atoms with van der Waals surface area (Å²) in [6.07, 6.45) is 0.363. The van der Waals surface area contributed by atoms with Crippen LogP contribution in [0.3, 0.4) is 0 Å². The Hall–Kier alpha value is -2.67. The highest BCUT2D eigenvalue weighted by Crippen LogP contribution is 2.29. The van der Waals surface area contributed by atoms with E-state index in [2.05, 4.69) is 15.3 Å². The van der Waals surface area contributed by atoms with Gasteiger partial charge in [-0.1, -0.05) is 23.9 Å². The van der Waals surface area contributed by atoms with E-state index in [9.17, 15) is 4.79 Å². The molecule has 7 heteroatoms. The number of anilines is 1. The van der Waals surface area contributed by atoms with Gasteiger partial charge in [-0.3, -0.25) is 4.79 Å². The van der Waals surface area contributed by atoms with E-state index in [-0.39, 0.29) is 5.91 Å². The summed E-state index contributed by atoms with van der Waals surface area (Å²) < 4.78 is 10.4. The van der Waals surface area contributed by atoms with Crippen molar-refractivity contribution in [2.24, 2.45) is 0 Å². The van der Waals surface area contributed by atoms with Crippen molar-refractivity contribution >= 4 is 34.4 Å². The monoisotopic (exact) mass is 357 g/mol. The summed E-state index contributed by atoms with van der Waals surface area (Å²) in [5.74, 6) is 1.79. The minimum Gasteiger partial charge on any atom is -0.497 e. The van der Waals surface area contributed by atoms with Gasteiger partial charge < -0.3 is 19.8 Å². The molecule has 1 aromatic heterocycles. The number of benzene rings is 2. The summed E-state index contributed by atoms with van der Waals surface area (Å²) >= 11 is 1.52. The van der Waals surface area contributed by atoms with Crippen LogP contribution in [0.5, 0.6) is 11.5 Å². The molecule has 0 aliphatic carbocycles. The van der Waals surface area contributed by atoms with Crippen LogP contribution < -0.4 is 14.8 Å². The Morgan fingerprint density at radius 2 is 2.04 bits per heavy atom. The molecular weight excluding hydrogens is 338 g/mol. The van der Waals surface area contributed by atoms with Crippen LogP contribution in [0.15, 0.2) is 47.6 Å². The second-order valence-corrected chi connectivity index (χ2v) is 6.36. The SMILES string of the molecule is COc1ccc(OC)c(NC(=O)CCSc2nc3ccccc3[nH]2)c1. The van der Waals surface area contributed by atoms with Crippen LogP contribution in [-0.4, -0.2) is 35.8 Å². The number of fused-ring (bicyclic) bond motifs is 1. The first-order valence-corrected chi connectivity index (χ1v) is 8.77. The average Bonchev–Trinajstić information content (AvgIpc) is 3.04. The molecule has 2 aromatic carbocycles. The quantitative estimate of drug-likeness (QED) is 0.631. The lowest BCUT2D eigenvalue weighted by molar-refractivity contribution is -0.115. The zero-order chi connectivity index (χ0) is 17.6. The number of hydrogen-bond acceptors (Lipinski definition) is 5. The predicted molar refractivity (Wildman–Crippen MR) is 99.6 cm³/mol. The minimum atomic E-state index is -0.0878. The molecule has 0 bridgehead atoms. The lowest BCUT2D eigenvalue weighted by Gasteiger charge is -2.11. The highest BCUT2D eigenvalue weighted by atomic mass is 32.2. The number of aromatic amines is 1. The number of para-hydroxylation sites is 2. The number of nitrogens with one attached hydrogen (secondary N) is 2. The van der Waals surface area contributed by atoms with Gasteiger partial charge in [-0.2, -0.15) is 0 Å². The Labute approximate surface area is 149 Å². The number of carbonyl (C=O) groups is 1. The molecule has 2 N–H and O–H groups in total. The molecule has 0 aliphatic rings. The number of rotatable bonds is 7. The third-order valence-electron chi connectivity index (χ3n) is 3.62. The fraction of sp³-hybridized carbons (Fsp3) is 0.222. The molecule has 130 valence electrons. The van der Waals surface area contributed by atoms with Crippen molar-refractivity contribution in [1.82, 2.24) is 9.97 Å². The normalized spacial score (nSPS) is 10.6. The Morgan fingerprint density at radius 1 is 1.20 bits per heavy atom. The fourth-order valence-electron chi connectivity index (χ4n) is 2.36. The first kappa shape index (κ1) is 17.2. The number of imidazole rings is 1. The lowest BCUT2D eigenvalue weighted by Crippen LogP contribution is -2.13. The van der Waals surface area contributed by atoms with Crippen LogP contribution in [0.25, 0.3) is 11.0 Å². The number of hydrogen-bond donors (Lipinski definition) is 2. The van der Waals surface area contributed by atoms with Crippen LogP contribution in [0.1, 0.15) is 6.42 Å². The number of thioether (sulfide) groups is 1. The number of aromatic nitrogens is 2. The van der Waals surface area contributed by atoms with Crippen LogP contribution in [-0.2, 0) is 4.79 Å². The molecule has 0 saturated heterocycles. The van der Waals surface area contributed by atoms with Crippen molar-refractivity contribution < 1.29 is 14.3 Å². The van der Waals surface area contributed by atoms with Gasteiger partial charge in [0.2, 0.25) is 5.91 Å². The van der Waals surface area contributed by atoms with E-state index < -0.39 is 0 Å². The van der Waals surface area contributed by atoms with E-state index in [0.717, 1.165) is 16.2 Å². The van der Waals surface area contributed by atoms with Crippen molar-refractivity contribution in [2.75, 3.05) is 25.3 Å². The molecule has 0 spiro atoms. The number of carbonyl (C=O) groups excluding carboxylic acids is 1. The summed E-state index contributed by atoms with van der Waals surface area (Å²) in [5.41, 5.74) is 2.52. The molecule has 0 atom stereocenters. The fourth-order valence-corrected chi connectivity index (χ4v) is 3.19. The molecule has 3 aromatic rings. The standard InChI is InChI=1S/C18H19N3O3S/c1-23-12-7-8-16(24-2)15(11-12)19-17(22)9-10-25-18-20-13-5-3-4-6-14(13)21-18/h3-8,11H,9-10H2,1-2H3,(H,19,22)(H,20,21). The zero-order valence-corrected chi connectivity index (χ0v) is 14.9. The number of nitrogens with zero attached hydrogens (tertiary/aromatic N) is 1. The van der Waals surface area contributed by atoms with Gasteiger partial charge in [0.15, 0.2) is 5.16 Å². The molecule has 0 saturated carbocycles. The summed E-state index contributed by atoms with van der Waals surface area (Å²) in [5, 5.41) is 3.67. The van der Waals surface area contributed by atoms with Gasteiger partial charge in [0.1, 0.15) is 11.5 Å². The van der Waals surface area contributed by atoms with Gasteiger partial charge in [-0.05, 0) is 24.3 Å². The second kappa shape index (κ2) is 7.94. The summed E-state index contributed by atoms with van der Waals surface area (Å²) in [4.78, 5) is 19.9. The maximum atomic E-state index is 12.2. The molecule has 0 aliphatic heterocycles. The van der Waals surface area contributed by atoms with Crippen molar-refractivity contribution in [3.8, 4) is 11.5 Å². The molecule has 1 heterocycles. The minimum absolute atomic E-state index is 0.0878. The summed E-state index contributed by atoms with van der Waals surface area (Å²) in [6.45, 7) is 0. The van der Waals surface area contributed by atoms with E-state index in [0.29, 0.717) is 29.4 Å². The molecule has 6 nitrogen and oxygen atoms in total. The number of ether oxygens (including phenoxy) is 2. The number of methoxy groups -OCH3 is 2. The van der Waals surface area contributed by atoms with Gasteiger partial charge in [0, 0.05) is 18.2 Å². The number of amides is 1. The van der Waals surface area contributed by atoms with Crippen molar-refractivity contribution in [2.45, 2.75) is 11.6 Å². The molecular formula is C18H19N3O3S. The van der Waals surface area contributed by atoms with E-state index in [1.807, 2.05) is 24.3 Å². The van der Waals surface area contributed by atoms with E-state index in [1.165, 1.54) is 11.8 Å². The zero-order valence-electron chi connectivity index (χ0n) is 14.0. The Bertz CT molecular complexity index is 846. The molecule has 1 amide bonds. The molecule has 3 rings (SSSR count). The van der Waals surface area contributed by atoms with E-state index in [1.54, 1.807) is 32.4 Å². The first-order valence-electron chi connectivity index (χ1n) is 7.79. The summed E-state index contributed by atoms with van der Waals surface area (Å²) in [6, 6.07) is 13.1. The highest BCUT2D eigenvalue weighted by Gasteiger charge is 2.10. The van der Waals surface area contributed by atoms with E-state index >= 15 is 0 Å². The largest absolute Gasteiger partial charge is 0.497 e. The molecule has 0 fully saturated rings. The molecule has 0 unspecified atom stereocenters. The third kappa shape index (κ3) is 4.24. The highest BCUT2D eigenvalue weighted by molar-refractivity contribution is 7.99. The van der Waals surface area contributed by atoms with Crippen molar-refractivity contribution in [3.63, 3.8) is 0 Å². The van der Waals surface area contributed by atoms with Crippen molar-refractivity contribution in [3.05, 3.63) is 42.5 Å². The third-order valence-corrected chi connectivity index (χ3v) is 4.49. The van der Waals surface area contributed by atoms with Gasteiger partial charge in [-0.25, -0.2) is 4.98 Å². The summed E-state index contributed by atoms with van der Waals surface area (Å²) in [7, 11) is 3.15. The van der Waals surface area contributed by atoms with Gasteiger partial charge in [0.25, 0.3) is 0 Å². The topological polar surface area (TPSA) is 76.2 Å². The van der Waals surface area contributed by atoms with Crippen LogP contribution in [0.4, 0.5) is 5.69 Å². The predicted octanol–water partition coefficient (Wildman–Crippen LogP) is 3.70. The first-order chi connectivity index (χ1) is 12.2. The second-order valence-electron chi connectivity index (χ2n) is 5.27. The Balaban J connectivity index is 1.56. The van der Waals surface area contributed by atoms with Crippen LogP contribution in [0, 0.1) is 0 Å². The van der Waals surface area contributed by atoms with Crippen LogP contribution >= 0.6 is 11.8 Å². The average molecular weight is 357 g/mol. The van der Waals surface area contributed by atoms with E-state index in [4.69, 9.17) is 9.47 Å². The number of H-pyrrole nitrogens is 1. The Kier molecular flexibility index (Phi) is 5.45. The van der Waals surface area contributed by atoms with Gasteiger partial charge in [-0.15, -0.1) is 0 Å². The molecule has 25 heavy (non-hydrogen) atoms. The molecule has 0 radical (unpaired) electrons. The Morgan fingerprint density at radius 3 is 2.80 bits per heavy atom. The smallest absolute Gasteiger partial charge is 0.225 e. The van der Waals surface area contributed by atoms with Crippen LogP contribution in [0.2, 0.25) is 0 Å². The van der Waals surface area contributed by atoms with Crippen molar-refractivity contribution in [1.29, 1.82) is 0 Å². The maximum Gasteiger partial charge on any atom is 0.225 e. The maximum absolute atomic E-state index is 12.2. The van der Waals surface area contributed by atoms with Gasteiger partial charge >= 0.3 is 0 Å². The van der Waals surface area contributed by atoms with Gasteiger partial charge in [0.05, 0.1) is 30.9 Å².